The summed E-state index contributed by atoms with van der Waals surface area (Å²) in [6.07, 6.45) is 1.73. The van der Waals surface area contributed by atoms with Crippen LogP contribution in [0.1, 0.15) is 32.1 Å². The second kappa shape index (κ2) is 6.92. The number of hydrogen-bond donors (Lipinski definition) is 1. The van der Waals surface area contributed by atoms with Crippen LogP contribution < -0.4 is 5.32 Å². The molecule has 1 rings (SSSR count). The van der Waals surface area contributed by atoms with Gasteiger partial charge in [-0.2, -0.15) is 0 Å². The Kier molecular flexibility index (Phi) is 5.85. The molecular weight excluding hydrogens is 228 g/mol. The molecule has 0 fully saturated rings. The molecule has 104 valence electrons. The highest BCUT2D eigenvalue weighted by Crippen LogP contribution is 2.13. The molecule has 0 aliphatic carbocycles. The van der Waals surface area contributed by atoms with Crippen LogP contribution in [0.15, 0.2) is 16.7 Å². The van der Waals surface area contributed by atoms with E-state index >= 15 is 0 Å². The van der Waals surface area contributed by atoms with Crippen molar-refractivity contribution in [2.24, 2.45) is 0 Å². The molecule has 0 amide bonds. The van der Waals surface area contributed by atoms with Crippen LogP contribution in [0, 0.1) is 0 Å². The van der Waals surface area contributed by atoms with Gasteiger partial charge in [-0.15, -0.1) is 0 Å². The summed E-state index contributed by atoms with van der Waals surface area (Å²) in [6, 6.07) is 2.00. The lowest BCUT2D eigenvalue weighted by Gasteiger charge is -2.20. The fourth-order valence-electron chi connectivity index (χ4n) is 1.42. The van der Waals surface area contributed by atoms with Crippen molar-refractivity contribution in [3.63, 3.8) is 0 Å². The Bertz CT molecular complexity index is 340. The summed E-state index contributed by atoms with van der Waals surface area (Å²) >= 11 is 0. The summed E-state index contributed by atoms with van der Waals surface area (Å²) < 4.78 is 11.1. The first-order chi connectivity index (χ1) is 8.38. The van der Waals surface area contributed by atoms with Gasteiger partial charge in [0, 0.05) is 24.2 Å². The summed E-state index contributed by atoms with van der Waals surface area (Å²) in [4.78, 5) is 2.10. The van der Waals surface area contributed by atoms with E-state index < -0.39 is 0 Å². The molecule has 4 heteroatoms. The van der Waals surface area contributed by atoms with E-state index in [1.807, 2.05) is 20.2 Å². The van der Waals surface area contributed by atoms with Gasteiger partial charge in [-0.1, -0.05) is 0 Å². The summed E-state index contributed by atoms with van der Waals surface area (Å²) in [6.45, 7) is 9.46. The van der Waals surface area contributed by atoms with Gasteiger partial charge in [0.25, 0.3) is 0 Å². The number of nitrogens with zero attached hydrogens (tertiary/aromatic N) is 1. The Balaban J connectivity index is 2.35. The number of hydrogen-bond acceptors (Lipinski definition) is 4. The molecule has 0 unspecified atom stereocenters. The first-order valence-electron chi connectivity index (χ1n) is 6.41. The predicted octanol–water partition coefficient (Wildman–Crippen LogP) is 2.25. The summed E-state index contributed by atoms with van der Waals surface area (Å²) in [7, 11) is 4.07. The van der Waals surface area contributed by atoms with Crippen molar-refractivity contribution in [3.05, 3.63) is 23.7 Å². The van der Waals surface area contributed by atoms with Crippen LogP contribution in [0.4, 0.5) is 0 Å². The largest absolute Gasteiger partial charge is 0.467 e. The lowest BCUT2D eigenvalue weighted by atomic mass is 10.1. The summed E-state index contributed by atoms with van der Waals surface area (Å²) in [5.41, 5.74) is 1.29. The van der Waals surface area contributed by atoms with Gasteiger partial charge < -0.3 is 19.4 Å². The Labute approximate surface area is 110 Å². The smallest absolute Gasteiger partial charge is 0.133 e. The van der Waals surface area contributed by atoms with Crippen molar-refractivity contribution in [3.8, 4) is 0 Å². The lowest BCUT2D eigenvalue weighted by molar-refractivity contribution is 0.0918. The van der Waals surface area contributed by atoms with Crippen LogP contribution in [-0.4, -0.2) is 37.7 Å². The van der Waals surface area contributed by atoms with Crippen LogP contribution in [0.5, 0.6) is 0 Å². The predicted molar refractivity (Wildman–Crippen MR) is 73.5 cm³/mol. The van der Waals surface area contributed by atoms with Crippen molar-refractivity contribution < 1.29 is 9.15 Å². The maximum atomic E-state index is 5.60. The highest BCUT2D eigenvalue weighted by atomic mass is 16.5. The second-order valence-corrected chi connectivity index (χ2v) is 5.83. The highest BCUT2D eigenvalue weighted by molar-refractivity contribution is 5.16. The molecule has 0 aromatic carbocycles. The van der Waals surface area contributed by atoms with Crippen LogP contribution >= 0.6 is 0 Å². The Hall–Kier alpha value is -0.840. The molecule has 0 saturated heterocycles. The summed E-state index contributed by atoms with van der Waals surface area (Å²) in [5, 5.41) is 3.45. The van der Waals surface area contributed by atoms with E-state index in [2.05, 4.69) is 31.0 Å². The highest BCUT2D eigenvalue weighted by Gasteiger charge is 2.12. The average molecular weight is 254 g/mol. The van der Waals surface area contributed by atoms with Gasteiger partial charge in [-0.25, -0.2) is 0 Å². The van der Waals surface area contributed by atoms with Gasteiger partial charge in [0.15, 0.2) is 0 Å². The number of rotatable bonds is 7. The molecule has 0 atom stereocenters. The van der Waals surface area contributed by atoms with E-state index in [1.165, 1.54) is 5.56 Å². The van der Waals surface area contributed by atoms with E-state index in [0.717, 1.165) is 25.5 Å². The van der Waals surface area contributed by atoms with Crippen LogP contribution in [0.25, 0.3) is 0 Å². The van der Waals surface area contributed by atoms with E-state index in [0.29, 0.717) is 6.61 Å². The zero-order valence-electron chi connectivity index (χ0n) is 12.2. The summed E-state index contributed by atoms with van der Waals surface area (Å²) in [5.74, 6) is 0.922. The van der Waals surface area contributed by atoms with Gasteiger partial charge in [0.05, 0.1) is 12.9 Å². The minimum Gasteiger partial charge on any atom is -0.467 e. The number of ether oxygens (including phenoxy) is 1. The third-order valence-electron chi connectivity index (χ3n) is 2.56. The normalized spacial score (nSPS) is 12.3. The topological polar surface area (TPSA) is 37.6 Å². The SMILES string of the molecule is CN(C)CCOCc1occc1CNC(C)(C)C. The third kappa shape index (κ3) is 6.19. The van der Waals surface area contributed by atoms with Crippen LogP contribution in [0.2, 0.25) is 0 Å². The standard InChI is InChI=1S/C14H26N2O2/c1-14(2,3)15-10-12-6-8-18-13(12)11-17-9-7-16(4)5/h6,8,15H,7,9-11H2,1-5H3. The molecule has 0 radical (unpaired) electrons. The monoisotopic (exact) mass is 254 g/mol. The Morgan fingerprint density at radius 2 is 2.06 bits per heavy atom. The number of nitrogens with one attached hydrogen (secondary N) is 1. The van der Waals surface area contributed by atoms with E-state index in [-0.39, 0.29) is 5.54 Å². The van der Waals surface area contributed by atoms with E-state index in [1.54, 1.807) is 6.26 Å². The van der Waals surface area contributed by atoms with Gasteiger partial charge in [0.1, 0.15) is 12.4 Å². The number of furan rings is 1. The fourth-order valence-corrected chi connectivity index (χ4v) is 1.42. The van der Waals surface area contributed by atoms with E-state index in [4.69, 9.17) is 9.15 Å². The fraction of sp³-hybridized carbons (Fsp3) is 0.714. The van der Waals surface area contributed by atoms with Crippen molar-refractivity contribution in [1.82, 2.24) is 10.2 Å². The Morgan fingerprint density at radius 1 is 1.33 bits per heavy atom. The van der Waals surface area contributed by atoms with E-state index in [9.17, 15) is 0 Å². The number of likely N-dealkylation sites (N-methyl/N-ethyl adjacent to an activating group) is 1. The van der Waals surface area contributed by atoms with Crippen LogP contribution in [0.3, 0.4) is 0 Å². The maximum Gasteiger partial charge on any atom is 0.133 e. The van der Waals surface area contributed by atoms with Crippen molar-refractivity contribution >= 4 is 0 Å². The zero-order valence-corrected chi connectivity index (χ0v) is 12.2. The van der Waals surface area contributed by atoms with Crippen LogP contribution in [-0.2, 0) is 17.9 Å². The lowest BCUT2D eigenvalue weighted by Crippen LogP contribution is -2.35. The van der Waals surface area contributed by atoms with Gasteiger partial charge in [-0.05, 0) is 40.9 Å². The second-order valence-electron chi connectivity index (χ2n) is 5.83. The molecule has 1 aromatic rings. The first-order valence-corrected chi connectivity index (χ1v) is 6.41. The molecule has 1 aromatic heterocycles. The zero-order chi connectivity index (χ0) is 13.6. The quantitative estimate of drug-likeness (QED) is 0.757. The minimum atomic E-state index is 0.111. The molecule has 18 heavy (non-hydrogen) atoms. The van der Waals surface area contributed by atoms with Gasteiger partial charge >= 0.3 is 0 Å². The van der Waals surface area contributed by atoms with Gasteiger partial charge in [-0.3, -0.25) is 0 Å². The molecule has 4 nitrogen and oxygen atoms in total. The Morgan fingerprint density at radius 3 is 2.67 bits per heavy atom. The molecule has 0 spiro atoms. The molecular formula is C14H26N2O2. The molecule has 1 N–H and O–H groups in total. The average Bonchev–Trinajstić information content (AvgIpc) is 2.68. The molecule has 0 aliphatic rings. The maximum absolute atomic E-state index is 5.60. The first kappa shape index (κ1) is 15.2. The third-order valence-corrected chi connectivity index (χ3v) is 2.56. The molecule has 1 heterocycles. The van der Waals surface area contributed by atoms with Gasteiger partial charge in [0.2, 0.25) is 0 Å². The minimum absolute atomic E-state index is 0.111. The molecule has 0 bridgehead atoms. The van der Waals surface area contributed by atoms with Crippen molar-refractivity contribution in [2.45, 2.75) is 39.5 Å². The molecule has 0 aliphatic heterocycles. The van der Waals surface area contributed by atoms with Crippen molar-refractivity contribution in [1.29, 1.82) is 0 Å². The molecule has 0 saturated carbocycles. The van der Waals surface area contributed by atoms with Crippen molar-refractivity contribution in [2.75, 3.05) is 27.2 Å².